The topological polar surface area (TPSA) is 42.0 Å². The van der Waals surface area contributed by atoms with Crippen LogP contribution in [0.4, 0.5) is 0 Å². The van der Waals surface area contributed by atoms with Gasteiger partial charge in [0.25, 0.3) is 0 Å². The summed E-state index contributed by atoms with van der Waals surface area (Å²) in [6.07, 6.45) is 0. The zero-order valence-corrected chi connectivity index (χ0v) is 11.7. The molecule has 0 radical (unpaired) electrons. The number of nitrogens with one attached hydrogen (secondary N) is 1. The predicted molar refractivity (Wildman–Crippen MR) is 78.2 cm³/mol. The van der Waals surface area contributed by atoms with Gasteiger partial charge in [0.1, 0.15) is 0 Å². The van der Waals surface area contributed by atoms with Crippen LogP contribution in [0.5, 0.6) is 0 Å². The molecule has 5 heteroatoms. The number of para-hydroxylation sites is 1. The molecule has 1 amide bonds. The molecule has 3 nitrogen and oxygen atoms in total. The Balaban J connectivity index is 1.90. The van der Waals surface area contributed by atoms with Crippen LogP contribution in [0.25, 0.3) is 10.2 Å². The number of carbonyl (C=O) groups is 1. The van der Waals surface area contributed by atoms with Gasteiger partial charge >= 0.3 is 0 Å². The summed E-state index contributed by atoms with van der Waals surface area (Å²) < 4.78 is 2.09. The van der Waals surface area contributed by atoms with Gasteiger partial charge in [-0.3, -0.25) is 4.79 Å². The van der Waals surface area contributed by atoms with Crippen LogP contribution in [0, 0.1) is 0 Å². The van der Waals surface area contributed by atoms with Gasteiger partial charge in [0.15, 0.2) is 4.34 Å². The van der Waals surface area contributed by atoms with Crippen molar-refractivity contribution >= 4 is 39.2 Å². The molecule has 0 fully saturated rings. The van der Waals surface area contributed by atoms with Gasteiger partial charge in [0.05, 0.1) is 16.0 Å². The highest BCUT2D eigenvalue weighted by Gasteiger charge is 2.06. The first kappa shape index (κ1) is 13.1. The highest BCUT2D eigenvalue weighted by Crippen LogP contribution is 2.28. The Morgan fingerprint density at radius 3 is 3.00 bits per heavy atom. The van der Waals surface area contributed by atoms with E-state index >= 15 is 0 Å². The Hall–Kier alpha value is -1.33. The number of aromatic nitrogens is 1. The van der Waals surface area contributed by atoms with E-state index in [-0.39, 0.29) is 5.91 Å². The molecule has 0 aliphatic heterocycles. The van der Waals surface area contributed by atoms with E-state index in [1.807, 2.05) is 31.2 Å². The normalized spacial score (nSPS) is 10.5. The van der Waals surface area contributed by atoms with Crippen molar-refractivity contribution in [3.63, 3.8) is 0 Å². The monoisotopic (exact) mass is 278 g/mol. The maximum atomic E-state index is 11.5. The Morgan fingerprint density at radius 2 is 2.28 bits per heavy atom. The van der Waals surface area contributed by atoms with Crippen molar-refractivity contribution in [2.45, 2.75) is 11.3 Å². The third-order valence-corrected chi connectivity index (χ3v) is 4.37. The van der Waals surface area contributed by atoms with Crippen molar-refractivity contribution in [2.24, 2.45) is 0 Å². The minimum absolute atomic E-state index is 0.0160. The minimum Gasteiger partial charge on any atom is -0.352 e. The summed E-state index contributed by atoms with van der Waals surface area (Å²) in [4.78, 5) is 16.0. The van der Waals surface area contributed by atoms with Crippen molar-refractivity contribution < 1.29 is 4.79 Å². The van der Waals surface area contributed by atoms with E-state index in [1.54, 1.807) is 11.3 Å². The molecular formula is C13H14N2OS2. The van der Waals surface area contributed by atoms with E-state index < -0.39 is 0 Å². The average Bonchev–Trinajstić information content (AvgIpc) is 2.76. The van der Waals surface area contributed by atoms with Gasteiger partial charge in [-0.1, -0.05) is 36.0 Å². The first-order valence-corrected chi connectivity index (χ1v) is 7.35. The number of thiazole rings is 1. The highest BCUT2D eigenvalue weighted by atomic mass is 32.2. The maximum Gasteiger partial charge on any atom is 0.230 e. The number of fused-ring (bicyclic) bond motifs is 1. The van der Waals surface area contributed by atoms with E-state index in [9.17, 15) is 4.79 Å². The number of carbonyl (C=O) groups excluding carboxylic acids is 1. The third-order valence-electron chi connectivity index (χ3n) is 2.19. The van der Waals surface area contributed by atoms with Crippen molar-refractivity contribution in [1.82, 2.24) is 10.3 Å². The predicted octanol–water partition coefficient (Wildman–Crippen LogP) is 3.08. The van der Waals surface area contributed by atoms with Crippen molar-refractivity contribution in [3.8, 4) is 0 Å². The average molecular weight is 278 g/mol. The Kier molecular flexibility index (Phi) is 4.38. The van der Waals surface area contributed by atoms with Gasteiger partial charge in [-0.25, -0.2) is 4.98 Å². The second kappa shape index (κ2) is 6.02. The first-order valence-electron chi connectivity index (χ1n) is 5.54. The van der Waals surface area contributed by atoms with Crippen LogP contribution < -0.4 is 5.32 Å². The molecule has 0 bridgehead atoms. The zero-order valence-electron chi connectivity index (χ0n) is 10.1. The largest absolute Gasteiger partial charge is 0.352 e. The highest BCUT2D eigenvalue weighted by molar-refractivity contribution is 8.01. The molecule has 1 aromatic carbocycles. The lowest BCUT2D eigenvalue weighted by Crippen LogP contribution is -2.26. The van der Waals surface area contributed by atoms with E-state index in [4.69, 9.17) is 0 Å². The molecule has 0 aliphatic rings. The number of amides is 1. The summed E-state index contributed by atoms with van der Waals surface area (Å²) in [6, 6.07) is 7.99. The molecule has 0 saturated heterocycles. The molecule has 1 aromatic heterocycles. The van der Waals surface area contributed by atoms with Crippen LogP contribution in [-0.4, -0.2) is 23.2 Å². The fraction of sp³-hybridized carbons (Fsp3) is 0.231. The second-order valence-electron chi connectivity index (χ2n) is 3.97. The molecule has 0 saturated carbocycles. The fourth-order valence-electron chi connectivity index (χ4n) is 1.34. The molecule has 1 heterocycles. The van der Waals surface area contributed by atoms with Crippen molar-refractivity contribution in [2.75, 3.05) is 12.3 Å². The van der Waals surface area contributed by atoms with Crippen LogP contribution in [-0.2, 0) is 4.79 Å². The van der Waals surface area contributed by atoms with Crippen LogP contribution >= 0.6 is 23.1 Å². The maximum absolute atomic E-state index is 11.5. The smallest absolute Gasteiger partial charge is 0.230 e. The lowest BCUT2D eigenvalue weighted by Gasteiger charge is -2.02. The Labute approximate surface area is 114 Å². The van der Waals surface area contributed by atoms with E-state index in [0.717, 1.165) is 20.1 Å². The van der Waals surface area contributed by atoms with E-state index in [2.05, 4.69) is 16.9 Å². The fourth-order valence-corrected chi connectivity index (χ4v) is 3.24. The number of hydrogen-bond acceptors (Lipinski definition) is 4. The number of thioether (sulfide) groups is 1. The van der Waals surface area contributed by atoms with Gasteiger partial charge in [0.2, 0.25) is 5.91 Å². The molecule has 2 rings (SSSR count). The number of nitrogens with zero attached hydrogens (tertiary/aromatic N) is 1. The molecule has 1 N–H and O–H groups in total. The molecular weight excluding hydrogens is 264 g/mol. The molecule has 0 atom stereocenters. The van der Waals surface area contributed by atoms with Gasteiger partial charge in [0, 0.05) is 6.54 Å². The van der Waals surface area contributed by atoms with Crippen LogP contribution in [0.3, 0.4) is 0 Å². The Morgan fingerprint density at radius 1 is 1.50 bits per heavy atom. The molecule has 18 heavy (non-hydrogen) atoms. The number of benzene rings is 1. The summed E-state index contributed by atoms with van der Waals surface area (Å²) in [6.45, 7) is 6.17. The lowest BCUT2D eigenvalue weighted by molar-refractivity contribution is -0.118. The van der Waals surface area contributed by atoms with E-state index in [0.29, 0.717) is 12.3 Å². The summed E-state index contributed by atoms with van der Waals surface area (Å²) in [7, 11) is 0. The summed E-state index contributed by atoms with van der Waals surface area (Å²) in [5.74, 6) is 0.412. The summed E-state index contributed by atoms with van der Waals surface area (Å²) >= 11 is 3.09. The quantitative estimate of drug-likeness (QED) is 0.675. The SMILES string of the molecule is C=C(C)CNC(=O)CSc1nc2ccccc2s1. The van der Waals surface area contributed by atoms with Gasteiger partial charge < -0.3 is 5.32 Å². The van der Waals surface area contributed by atoms with Crippen molar-refractivity contribution in [3.05, 3.63) is 36.4 Å². The molecule has 0 unspecified atom stereocenters. The molecule has 0 spiro atoms. The second-order valence-corrected chi connectivity index (χ2v) is 6.22. The minimum atomic E-state index is 0.0160. The lowest BCUT2D eigenvalue weighted by atomic mass is 10.3. The van der Waals surface area contributed by atoms with Gasteiger partial charge in [-0.2, -0.15) is 0 Å². The molecule has 0 aliphatic carbocycles. The molecule has 94 valence electrons. The number of hydrogen-bond donors (Lipinski definition) is 1. The standard InChI is InChI=1S/C13H14N2OS2/c1-9(2)7-14-12(16)8-17-13-15-10-5-3-4-6-11(10)18-13/h3-6H,1,7-8H2,2H3,(H,14,16). The zero-order chi connectivity index (χ0) is 13.0. The molecule has 2 aromatic rings. The Bertz CT molecular complexity index is 544. The number of rotatable bonds is 5. The third kappa shape index (κ3) is 3.58. The summed E-state index contributed by atoms with van der Waals surface area (Å²) in [5, 5.41) is 2.80. The first-order chi connectivity index (χ1) is 8.65. The van der Waals surface area contributed by atoms with Crippen LogP contribution in [0.1, 0.15) is 6.92 Å². The van der Waals surface area contributed by atoms with Gasteiger partial charge in [-0.05, 0) is 19.1 Å². The summed E-state index contributed by atoms with van der Waals surface area (Å²) in [5.41, 5.74) is 1.95. The van der Waals surface area contributed by atoms with Crippen LogP contribution in [0.2, 0.25) is 0 Å². The van der Waals surface area contributed by atoms with E-state index in [1.165, 1.54) is 11.8 Å². The van der Waals surface area contributed by atoms with Crippen LogP contribution in [0.15, 0.2) is 40.8 Å². The van der Waals surface area contributed by atoms with Gasteiger partial charge in [-0.15, -0.1) is 11.3 Å². The van der Waals surface area contributed by atoms with Crippen molar-refractivity contribution in [1.29, 1.82) is 0 Å².